The van der Waals surface area contributed by atoms with Crippen LogP contribution in [-0.2, 0) is 16.8 Å². The second-order valence-electron chi connectivity index (χ2n) is 5.49. The Balaban J connectivity index is 0.00000243. The van der Waals surface area contributed by atoms with Crippen LogP contribution in [0.15, 0.2) is 30.3 Å². The number of benzene rings is 2. The molecule has 2 aromatic carbocycles. The molecule has 11 heteroatoms. The molecule has 10 nitrogen and oxygen atoms in total. The van der Waals surface area contributed by atoms with Crippen molar-refractivity contribution < 1.29 is 42.3 Å². The number of aliphatic hydroxyl groups is 1. The van der Waals surface area contributed by atoms with E-state index in [1.165, 1.54) is 18.2 Å². The zero-order valence-corrected chi connectivity index (χ0v) is 14.0. The predicted molar refractivity (Wildman–Crippen MR) is 88.2 cm³/mol. The summed E-state index contributed by atoms with van der Waals surface area (Å²) in [7, 11) is -4.78. The molecule has 8 N–H and O–H groups in total. The first-order valence-electron chi connectivity index (χ1n) is 7.03. The summed E-state index contributed by atoms with van der Waals surface area (Å²) in [5, 5.41) is 39.2. The fourth-order valence-corrected chi connectivity index (χ4v) is 2.96. The Morgan fingerprint density at radius 3 is 2.35 bits per heavy atom. The van der Waals surface area contributed by atoms with Crippen LogP contribution in [0.3, 0.4) is 0 Å². The van der Waals surface area contributed by atoms with Gasteiger partial charge in [0.1, 0.15) is 17.6 Å². The minimum atomic E-state index is -4.78. The number of hydrogen-bond acceptors (Lipinski definition) is 9. The van der Waals surface area contributed by atoms with Crippen molar-refractivity contribution in [3.63, 3.8) is 0 Å². The van der Waals surface area contributed by atoms with E-state index < -0.39 is 28.4 Å². The van der Waals surface area contributed by atoms with Crippen LogP contribution in [0, 0.1) is 0 Å². The average molecular weight is 387 g/mol. The summed E-state index contributed by atoms with van der Waals surface area (Å²) >= 11 is 0. The van der Waals surface area contributed by atoms with Crippen LogP contribution in [0.1, 0.15) is 17.2 Å². The molecule has 0 bridgehead atoms. The molecule has 1 heterocycles. The minimum absolute atomic E-state index is 0. The number of hydrogen-bond donors (Lipinski definition) is 6. The van der Waals surface area contributed by atoms with E-state index in [1.807, 2.05) is 0 Å². The first-order valence-corrected chi connectivity index (χ1v) is 8.40. The standard InChI is InChI=1S/C15H14O9S.H3N/c16-10-2-1-7(3-12(10)18)15-13(19)6-9-11(17)4-8(5-14(9)23-15)24-25(20,21)22;/h1-5,13,15-19H,6H2,(H,20,21,22);1H3/t13-,15-;/m1./s1. The van der Waals surface area contributed by atoms with Gasteiger partial charge in [-0.1, -0.05) is 6.07 Å². The van der Waals surface area contributed by atoms with Gasteiger partial charge in [0.2, 0.25) is 0 Å². The molecule has 0 amide bonds. The molecule has 3 rings (SSSR count). The molecule has 142 valence electrons. The third-order valence-electron chi connectivity index (χ3n) is 3.71. The van der Waals surface area contributed by atoms with E-state index in [1.54, 1.807) is 0 Å². The van der Waals surface area contributed by atoms with Gasteiger partial charge in [0.15, 0.2) is 17.2 Å². The van der Waals surface area contributed by atoms with Crippen LogP contribution in [0.5, 0.6) is 28.7 Å². The van der Waals surface area contributed by atoms with Crippen LogP contribution in [0.2, 0.25) is 0 Å². The first kappa shape index (κ1) is 19.6. The lowest BCUT2D eigenvalue weighted by atomic mass is 9.94. The van der Waals surface area contributed by atoms with Gasteiger partial charge in [0, 0.05) is 24.1 Å². The van der Waals surface area contributed by atoms with E-state index in [0.717, 1.165) is 12.1 Å². The smallest absolute Gasteiger partial charge is 0.446 e. The van der Waals surface area contributed by atoms with E-state index in [-0.39, 0.29) is 41.1 Å². The molecule has 0 radical (unpaired) electrons. The van der Waals surface area contributed by atoms with Gasteiger partial charge in [-0.05, 0) is 17.7 Å². The van der Waals surface area contributed by atoms with Crippen LogP contribution in [0.4, 0.5) is 0 Å². The predicted octanol–water partition coefficient (Wildman–Crippen LogP) is 1.18. The molecule has 2 atom stereocenters. The number of phenolic OH excluding ortho intramolecular Hbond substituents is 3. The maximum absolute atomic E-state index is 10.8. The van der Waals surface area contributed by atoms with Crippen molar-refractivity contribution in [1.29, 1.82) is 0 Å². The molecule has 0 spiro atoms. The lowest BCUT2D eigenvalue weighted by molar-refractivity contribution is 0.0197. The van der Waals surface area contributed by atoms with Crippen molar-refractivity contribution in [3.05, 3.63) is 41.5 Å². The number of fused-ring (bicyclic) bond motifs is 1. The summed E-state index contributed by atoms with van der Waals surface area (Å²) in [5.41, 5.74) is 0.587. The van der Waals surface area contributed by atoms with E-state index >= 15 is 0 Å². The maximum Gasteiger partial charge on any atom is 0.446 e. The molecule has 26 heavy (non-hydrogen) atoms. The zero-order chi connectivity index (χ0) is 18.4. The van der Waals surface area contributed by atoms with E-state index in [2.05, 4.69) is 4.18 Å². The van der Waals surface area contributed by atoms with Gasteiger partial charge >= 0.3 is 10.4 Å². The summed E-state index contributed by atoms with van der Waals surface area (Å²) in [6.45, 7) is 0. The monoisotopic (exact) mass is 387 g/mol. The topological polar surface area (TPSA) is 189 Å². The second kappa shape index (κ2) is 6.88. The van der Waals surface area contributed by atoms with E-state index in [9.17, 15) is 28.8 Å². The molecule has 0 aromatic heterocycles. The lowest BCUT2D eigenvalue weighted by Crippen LogP contribution is -2.30. The van der Waals surface area contributed by atoms with Crippen molar-refractivity contribution in [2.24, 2.45) is 0 Å². The fraction of sp³-hybridized carbons (Fsp3) is 0.200. The SMILES string of the molecule is N.O=S(=O)(O)Oc1cc(O)c2c(c1)O[C@H](c1ccc(O)c(O)c1)[C@H](O)C2. The molecule has 2 aromatic rings. The van der Waals surface area contributed by atoms with Crippen molar-refractivity contribution in [2.45, 2.75) is 18.6 Å². The van der Waals surface area contributed by atoms with Crippen molar-refractivity contribution in [3.8, 4) is 28.7 Å². The second-order valence-corrected chi connectivity index (χ2v) is 6.51. The van der Waals surface area contributed by atoms with Gasteiger partial charge in [-0.2, -0.15) is 8.42 Å². The molecule has 1 aliphatic rings. The van der Waals surface area contributed by atoms with Crippen LogP contribution in [-0.4, -0.2) is 39.5 Å². The highest BCUT2D eigenvalue weighted by Crippen LogP contribution is 2.43. The number of aromatic hydroxyl groups is 3. The highest BCUT2D eigenvalue weighted by Gasteiger charge is 2.32. The Bertz CT molecular complexity index is 929. The van der Waals surface area contributed by atoms with Gasteiger partial charge in [0.25, 0.3) is 0 Å². The van der Waals surface area contributed by atoms with Crippen LogP contribution < -0.4 is 15.1 Å². The quantitative estimate of drug-likeness (QED) is 0.329. The number of rotatable bonds is 3. The Morgan fingerprint density at radius 1 is 1.04 bits per heavy atom. The summed E-state index contributed by atoms with van der Waals surface area (Å²) in [5.74, 6) is -1.44. The lowest BCUT2D eigenvalue weighted by Gasteiger charge is -2.31. The molecule has 0 aliphatic carbocycles. The fourth-order valence-electron chi connectivity index (χ4n) is 2.63. The van der Waals surface area contributed by atoms with Gasteiger partial charge < -0.3 is 35.5 Å². The minimum Gasteiger partial charge on any atom is -0.507 e. The summed E-state index contributed by atoms with van der Waals surface area (Å²) < 4.78 is 40.2. The highest BCUT2D eigenvalue weighted by atomic mass is 32.3. The van der Waals surface area contributed by atoms with Gasteiger partial charge in [-0.25, -0.2) is 0 Å². The summed E-state index contributed by atoms with van der Waals surface area (Å²) in [4.78, 5) is 0. The molecular weight excluding hydrogens is 370 g/mol. The Labute approximate surface area is 148 Å². The number of aliphatic hydroxyl groups excluding tert-OH is 1. The molecule has 1 aliphatic heterocycles. The number of phenols is 3. The molecule has 0 saturated heterocycles. The van der Waals surface area contributed by atoms with Crippen molar-refractivity contribution in [2.75, 3.05) is 0 Å². The largest absolute Gasteiger partial charge is 0.507 e. The molecule has 0 unspecified atom stereocenters. The zero-order valence-electron chi connectivity index (χ0n) is 13.2. The maximum atomic E-state index is 10.8. The molecule has 0 saturated carbocycles. The molecular formula is C15H17NO9S. The van der Waals surface area contributed by atoms with Gasteiger partial charge in [-0.15, -0.1) is 0 Å². The molecule has 0 fully saturated rings. The third-order valence-corrected chi connectivity index (χ3v) is 4.11. The van der Waals surface area contributed by atoms with Crippen LogP contribution >= 0.6 is 0 Å². The normalized spacial score (nSPS) is 19.0. The van der Waals surface area contributed by atoms with E-state index in [0.29, 0.717) is 5.56 Å². The summed E-state index contributed by atoms with van der Waals surface area (Å²) in [6.07, 6.45) is -2.03. The number of ether oxygens (including phenoxy) is 1. The Morgan fingerprint density at radius 2 is 1.73 bits per heavy atom. The first-order chi connectivity index (χ1) is 11.6. The average Bonchev–Trinajstić information content (AvgIpc) is 2.49. The van der Waals surface area contributed by atoms with Crippen molar-refractivity contribution >= 4 is 10.4 Å². The van der Waals surface area contributed by atoms with E-state index in [4.69, 9.17) is 9.29 Å². The third kappa shape index (κ3) is 3.91. The summed E-state index contributed by atoms with van der Waals surface area (Å²) in [6, 6.07) is 5.99. The van der Waals surface area contributed by atoms with Gasteiger partial charge in [0.05, 0.1) is 6.10 Å². The van der Waals surface area contributed by atoms with Gasteiger partial charge in [-0.3, -0.25) is 4.55 Å². The van der Waals surface area contributed by atoms with Crippen molar-refractivity contribution in [1.82, 2.24) is 6.15 Å². The highest BCUT2D eigenvalue weighted by molar-refractivity contribution is 7.81. The Kier molecular flexibility index (Phi) is 5.18. The van der Waals surface area contributed by atoms with Crippen LogP contribution in [0.25, 0.3) is 0 Å². The Hall–Kier alpha value is -2.73.